The molecule has 1 unspecified atom stereocenters. The number of likely N-dealkylation sites (N-methyl/N-ethyl adjacent to an activating group) is 1. The highest BCUT2D eigenvalue weighted by atomic mass is 32.1. The van der Waals surface area contributed by atoms with Crippen LogP contribution in [-0.4, -0.2) is 37.4 Å². The third kappa shape index (κ3) is 3.15. The number of rotatable bonds is 7. The molecule has 0 aromatic carbocycles. The zero-order chi connectivity index (χ0) is 14.9. The van der Waals surface area contributed by atoms with E-state index in [0.717, 1.165) is 22.1 Å². The fourth-order valence-corrected chi connectivity index (χ4v) is 3.38. The van der Waals surface area contributed by atoms with Gasteiger partial charge in [-0.05, 0) is 39.8 Å². The van der Waals surface area contributed by atoms with Gasteiger partial charge in [-0.3, -0.25) is 4.79 Å². The standard InChI is InChI=1S/C15H25N3OS/c1-5-11(19)14-13(16)12(10-6-7-10)15(20-14)17-8-9(2)18(3)4/h9-10,17H,5-8,16H2,1-4H3. The minimum Gasteiger partial charge on any atom is -0.397 e. The van der Waals surface area contributed by atoms with E-state index in [1.807, 2.05) is 6.92 Å². The number of carbonyl (C=O) groups excluding carboxylic acids is 1. The topological polar surface area (TPSA) is 58.4 Å². The third-order valence-electron chi connectivity index (χ3n) is 3.98. The van der Waals surface area contributed by atoms with Crippen LogP contribution < -0.4 is 11.1 Å². The summed E-state index contributed by atoms with van der Waals surface area (Å²) in [7, 11) is 4.14. The Balaban J connectivity index is 2.20. The van der Waals surface area contributed by atoms with E-state index in [1.165, 1.54) is 29.7 Å². The molecule has 0 amide bonds. The Kier molecular flexibility index (Phi) is 4.70. The van der Waals surface area contributed by atoms with Crippen molar-refractivity contribution in [3.8, 4) is 0 Å². The lowest BCUT2D eigenvalue weighted by Crippen LogP contribution is -2.31. The van der Waals surface area contributed by atoms with Crippen molar-refractivity contribution >= 4 is 27.8 Å². The predicted octanol–water partition coefficient (Wildman–Crippen LogP) is 3.16. The fourth-order valence-electron chi connectivity index (χ4n) is 2.16. The minimum absolute atomic E-state index is 0.156. The Morgan fingerprint density at radius 2 is 2.15 bits per heavy atom. The number of Topliss-reactive ketones (excluding diaryl/α,β-unsaturated/α-hetero) is 1. The summed E-state index contributed by atoms with van der Waals surface area (Å²) in [5, 5.41) is 4.61. The van der Waals surface area contributed by atoms with Crippen molar-refractivity contribution in [2.75, 3.05) is 31.7 Å². The van der Waals surface area contributed by atoms with Crippen LogP contribution in [0.1, 0.15) is 54.3 Å². The molecule has 4 nitrogen and oxygen atoms in total. The largest absolute Gasteiger partial charge is 0.397 e. The summed E-state index contributed by atoms with van der Waals surface area (Å²) >= 11 is 1.54. The van der Waals surface area contributed by atoms with Crippen molar-refractivity contribution in [2.45, 2.75) is 45.1 Å². The molecular formula is C15H25N3OS. The van der Waals surface area contributed by atoms with Crippen molar-refractivity contribution in [2.24, 2.45) is 0 Å². The average molecular weight is 295 g/mol. The molecule has 0 bridgehead atoms. The Labute approximate surface area is 125 Å². The number of hydrogen-bond donors (Lipinski definition) is 2. The number of thiophene rings is 1. The minimum atomic E-state index is 0.156. The van der Waals surface area contributed by atoms with E-state index in [4.69, 9.17) is 5.73 Å². The summed E-state index contributed by atoms with van der Waals surface area (Å²) in [4.78, 5) is 14.9. The van der Waals surface area contributed by atoms with Crippen molar-refractivity contribution in [1.82, 2.24) is 4.90 Å². The van der Waals surface area contributed by atoms with Crippen LogP contribution in [0.4, 0.5) is 10.7 Å². The molecule has 2 rings (SSSR count). The number of ketones is 1. The van der Waals surface area contributed by atoms with Crippen LogP contribution in [-0.2, 0) is 0 Å². The van der Waals surface area contributed by atoms with Gasteiger partial charge in [0.05, 0.1) is 15.6 Å². The van der Waals surface area contributed by atoms with E-state index in [0.29, 0.717) is 18.4 Å². The number of anilines is 2. The Morgan fingerprint density at radius 1 is 1.50 bits per heavy atom. The monoisotopic (exact) mass is 295 g/mol. The molecule has 3 N–H and O–H groups in total. The maximum Gasteiger partial charge on any atom is 0.174 e. The van der Waals surface area contributed by atoms with Crippen molar-refractivity contribution in [3.05, 3.63) is 10.4 Å². The predicted molar refractivity (Wildman–Crippen MR) is 87.0 cm³/mol. The molecule has 1 saturated carbocycles. The number of nitrogens with zero attached hydrogens (tertiary/aromatic N) is 1. The van der Waals surface area contributed by atoms with Crippen LogP contribution in [0.25, 0.3) is 0 Å². The van der Waals surface area contributed by atoms with Crippen LogP contribution in [0.2, 0.25) is 0 Å². The first-order valence-electron chi connectivity index (χ1n) is 7.31. The van der Waals surface area contributed by atoms with Gasteiger partial charge in [0, 0.05) is 24.6 Å². The molecule has 0 radical (unpaired) electrons. The first kappa shape index (κ1) is 15.3. The van der Waals surface area contributed by atoms with Gasteiger partial charge in [-0.25, -0.2) is 0 Å². The summed E-state index contributed by atoms with van der Waals surface area (Å²) in [6.07, 6.45) is 2.90. The average Bonchev–Trinajstić information content (AvgIpc) is 3.19. The van der Waals surface area contributed by atoms with Crippen molar-refractivity contribution in [3.63, 3.8) is 0 Å². The van der Waals surface area contributed by atoms with Gasteiger partial charge in [0.25, 0.3) is 0 Å². The summed E-state index contributed by atoms with van der Waals surface area (Å²) < 4.78 is 0. The molecule has 5 heteroatoms. The quantitative estimate of drug-likeness (QED) is 0.759. The molecule has 1 aromatic rings. The first-order valence-corrected chi connectivity index (χ1v) is 8.13. The second-order valence-corrected chi connectivity index (χ2v) is 6.85. The van der Waals surface area contributed by atoms with Crippen molar-refractivity contribution < 1.29 is 4.79 Å². The smallest absolute Gasteiger partial charge is 0.174 e. The zero-order valence-corrected chi connectivity index (χ0v) is 13.6. The first-order chi connectivity index (χ1) is 9.45. The number of hydrogen-bond acceptors (Lipinski definition) is 5. The Morgan fingerprint density at radius 3 is 2.65 bits per heavy atom. The lowest BCUT2D eigenvalue weighted by molar-refractivity contribution is 0.0993. The zero-order valence-electron chi connectivity index (χ0n) is 12.8. The normalized spacial score (nSPS) is 16.4. The van der Waals surface area contributed by atoms with Gasteiger partial charge < -0.3 is 16.0 Å². The second kappa shape index (κ2) is 6.14. The van der Waals surface area contributed by atoms with Crippen LogP contribution in [0.5, 0.6) is 0 Å². The molecule has 1 aromatic heterocycles. The molecule has 1 atom stereocenters. The van der Waals surface area contributed by atoms with Crippen LogP contribution in [0, 0.1) is 0 Å². The summed E-state index contributed by atoms with van der Waals surface area (Å²) in [6, 6.07) is 0.440. The maximum atomic E-state index is 12.0. The maximum absolute atomic E-state index is 12.0. The SMILES string of the molecule is CCC(=O)c1sc(NCC(C)N(C)C)c(C2CC2)c1N. The third-order valence-corrected chi connectivity index (χ3v) is 5.20. The van der Waals surface area contributed by atoms with Gasteiger partial charge in [-0.1, -0.05) is 6.92 Å². The van der Waals surface area contributed by atoms with Crippen molar-refractivity contribution in [1.29, 1.82) is 0 Å². The van der Waals surface area contributed by atoms with E-state index in [-0.39, 0.29) is 5.78 Å². The molecule has 20 heavy (non-hydrogen) atoms. The molecule has 0 spiro atoms. The molecular weight excluding hydrogens is 270 g/mol. The number of nitrogens with one attached hydrogen (secondary N) is 1. The second-order valence-electron chi connectivity index (χ2n) is 5.83. The Hall–Kier alpha value is -1.07. The van der Waals surface area contributed by atoms with E-state index in [9.17, 15) is 4.79 Å². The van der Waals surface area contributed by atoms with E-state index in [1.54, 1.807) is 0 Å². The van der Waals surface area contributed by atoms with Gasteiger partial charge >= 0.3 is 0 Å². The number of carbonyl (C=O) groups is 1. The van der Waals surface area contributed by atoms with Gasteiger partial charge in [0.1, 0.15) is 0 Å². The van der Waals surface area contributed by atoms with Crippen LogP contribution >= 0.6 is 11.3 Å². The van der Waals surface area contributed by atoms with E-state index >= 15 is 0 Å². The molecule has 112 valence electrons. The Bertz CT molecular complexity index is 492. The molecule has 1 aliphatic rings. The van der Waals surface area contributed by atoms with Crippen LogP contribution in [0.3, 0.4) is 0 Å². The fraction of sp³-hybridized carbons (Fsp3) is 0.667. The van der Waals surface area contributed by atoms with Gasteiger partial charge in [0.2, 0.25) is 0 Å². The van der Waals surface area contributed by atoms with Gasteiger partial charge in [0.15, 0.2) is 5.78 Å². The lowest BCUT2D eigenvalue weighted by Gasteiger charge is -2.20. The summed E-state index contributed by atoms with van der Waals surface area (Å²) in [6.45, 7) is 4.94. The van der Waals surface area contributed by atoms with Gasteiger partial charge in [-0.15, -0.1) is 11.3 Å². The summed E-state index contributed by atoms with van der Waals surface area (Å²) in [5.74, 6) is 0.713. The van der Waals surface area contributed by atoms with Gasteiger partial charge in [-0.2, -0.15) is 0 Å². The lowest BCUT2D eigenvalue weighted by atomic mass is 10.1. The molecule has 0 aliphatic heterocycles. The molecule has 0 saturated heterocycles. The number of nitrogens with two attached hydrogens (primary N) is 1. The van der Waals surface area contributed by atoms with E-state index in [2.05, 4.69) is 31.2 Å². The van der Waals surface area contributed by atoms with Crippen LogP contribution in [0.15, 0.2) is 0 Å². The highest BCUT2D eigenvalue weighted by molar-refractivity contribution is 7.18. The highest BCUT2D eigenvalue weighted by Gasteiger charge is 2.32. The summed E-state index contributed by atoms with van der Waals surface area (Å²) in [5.41, 5.74) is 8.15. The number of nitrogen functional groups attached to an aromatic ring is 1. The highest BCUT2D eigenvalue weighted by Crippen LogP contribution is 2.51. The molecule has 1 fully saturated rings. The molecule has 1 aliphatic carbocycles. The van der Waals surface area contributed by atoms with E-state index < -0.39 is 0 Å². The molecule has 1 heterocycles.